The summed E-state index contributed by atoms with van der Waals surface area (Å²) in [5.74, 6) is -0.571. The van der Waals surface area contributed by atoms with E-state index in [4.69, 9.17) is 0 Å². The normalized spacial score (nSPS) is 18.5. The lowest BCUT2D eigenvalue weighted by Crippen LogP contribution is -2.48. The van der Waals surface area contributed by atoms with Crippen LogP contribution < -0.4 is 5.32 Å². The van der Waals surface area contributed by atoms with Crippen molar-refractivity contribution < 1.29 is 9.31 Å². The highest BCUT2D eigenvalue weighted by Crippen LogP contribution is 2.41. The van der Waals surface area contributed by atoms with Crippen molar-refractivity contribution in [1.29, 1.82) is 0 Å². The maximum absolute atomic E-state index is 13.4. The molecule has 1 heterocycles. The lowest BCUT2D eigenvalue weighted by Gasteiger charge is -2.42. The molecule has 21 heavy (non-hydrogen) atoms. The number of rotatable bonds is 3. The standard InChI is InChI=1S/C15H22FN3O2/c1-15(2,3)14(18-8-6-17-7-9-18)12-5-4-11(16)10-13(12)19(20)21/h4-5,10,14,17H,6-9H2,1-3H3/t14-/m1/s1. The Morgan fingerprint density at radius 2 is 1.95 bits per heavy atom. The number of benzene rings is 1. The Kier molecular flexibility index (Phi) is 4.58. The fraction of sp³-hybridized carbons (Fsp3) is 0.600. The van der Waals surface area contributed by atoms with Gasteiger partial charge in [-0.1, -0.05) is 20.8 Å². The number of nitrogens with one attached hydrogen (secondary N) is 1. The molecule has 0 spiro atoms. The quantitative estimate of drug-likeness (QED) is 0.688. The van der Waals surface area contributed by atoms with Crippen molar-refractivity contribution in [2.75, 3.05) is 26.2 Å². The molecule has 6 heteroatoms. The molecule has 0 unspecified atom stereocenters. The van der Waals surface area contributed by atoms with Gasteiger partial charge in [-0.2, -0.15) is 0 Å². The number of piperazine rings is 1. The number of nitro benzene ring substituents is 1. The van der Waals surface area contributed by atoms with E-state index in [-0.39, 0.29) is 17.1 Å². The van der Waals surface area contributed by atoms with Crippen LogP contribution in [0.3, 0.4) is 0 Å². The molecule has 1 aliphatic heterocycles. The Labute approximate surface area is 124 Å². The summed E-state index contributed by atoms with van der Waals surface area (Å²) in [4.78, 5) is 13.1. The Hall–Kier alpha value is -1.53. The second-order valence-corrected chi connectivity index (χ2v) is 6.51. The third kappa shape index (κ3) is 3.57. The summed E-state index contributed by atoms with van der Waals surface area (Å²) in [7, 11) is 0. The zero-order valence-electron chi connectivity index (χ0n) is 12.7. The molecule has 1 aromatic rings. The Morgan fingerprint density at radius 3 is 2.48 bits per heavy atom. The van der Waals surface area contributed by atoms with Crippen molar-refractivity contribution in [3.63, 3.8) is 0 Å². The predicted octanol–water partition coefficient (Wildman–Crippen LogP) is 2.73. The fourth-order valence-electron chi connectivity index (χ4n) is 3.06. The van der Waals surface area contributed by atoms with Crippen LogP contribution in [0.5, 0.6) is 0 Å². The minimum atomic E-state index is -0.571. The van der Waals surface area contributed by atoms with Crippen LogP contribution in [0.15, 0.2) is 18.2 Å². The molecule has 0 aliphatic carbocycles. The van der Waals surface area contributed by atoms with Gasteiger partial charge < -0.3 is 5.32 Å². The Bertz CT molecular complexity index is 522. The van der Waals surface area contributed by atoms with E-state index in [2.05, 4.69) is 31.0 Å². The minimum Gasteiger partial charge on any atom is -0.314 e. The number of nitro groups is 1. The monoisotopic (exact) mass is 295 g/mol. The molecule has 116 valence electrons. The highest BCUT2D eigenvalue weighted by Gasteiger charge is 2.36. The molecule has 0 radical (unpaired) electrons. The van der Waals surface area contributed by atoms with Gasteiger partial charge in [-0.25, -0.2) is 4.39 Å². The second-order valence-electron chi connectivity index (χ2n) is 6.51. The maximum atomic E-state index is 13.4. The molecule has 1 aromatic carbocycles. The molecule has 0 saturated carbocycles. The summed E-state index contributed by atoms with van der Waals surface area (Å²) in [6, 6.07) is 3.78. The third-order valence-electron chi connectivity index (χ3n) is 3.82. The molecule has 1 aliphatic rings. The van der Waals surface area contributed by atoms with E-state index in [1.54, 1.807) is 6.07 Å². The van der Waals surface area contributed by atoms with Crippen molar-refractivity contribution >= 4 is 5.69 Å². The first-order valence-electron chi connectivity index (χ1n) is 7.19. The topological polar surface area (TPSA) is 58.4 Å². The molecule has 0 aromatic heterocycles. The predicted molar refractivity (Wildman–Crippen MR) is 79.7 cm³/mol. The van der Waals surface area contributed by atoms with Crippen molar-refractivity contribution in [2.45, 2.75) is 26.8 Å². The van der Waals surface area contributed by atoms with Crippen LogP contribution in [0, 0.1) is 21.3 Å². The van der Waals surface area contributed by atoms with E-state index in [1.165, 1.54) is 6.07 Å². The van der Waals surface area contributed by atoms with Gasteiger partial charge >= 0.3 is 0 Å². The van der Waals surface area contributed by atoms with Gasteiger partial charge in [0.2, 0.25) is 0 Å². The van der Waals surface area contributed by atoms with Crippen LogP contribution in [-0.2, 0) is 0 Å². The van der Waals surface area contributed by atoms with Gasteiger partial charge in [-0.3, -0.25) is 15.0 Å². The number of hydrogen-bond acceptors (Lipinski definition) is 4. The fourth-order valence-corrected chi connectivity index (χ4v) is 3.06. The summed E-state index contributed by atoms with van der Waals surface area (Å²) in [5, 5.41) is 14.6. The van der Waals surface area contributed by atoms with Gasteiger partial charge in [0.15, 0.2) is 0 Å². The number of hydrogen-bond donors (Lipinski definition) is 1. The molecular formula is C15H22FN3O2. The van der Waals surface area contributed by atoms with Crippen LogP contribution >= 0.6 is 0 Å². The zero-order chi connectivity index (χ0) is 15.6. The van der Waals surface area contributed by atoms with E-state index < -0.39 is 10.7 Å². The summed E-state index contributed by atoms with van der Waals surface area (Å²) in [6.07, 6.45) is 0. The lowest BCUT2D eigenvalue weighted by atomic mass is 9.80. The van der Waals surface area contributed by atoms with E-state index in [0.717, 1.165) is 32.2 Å². The largest absolute Gasteiger partial charge is 0.314 e. The van der Waals surface area contributed by atoms with E-state index in [1.807, 2.05) is 0 Å². The highest BCUT2D eigenvalue weighted by molar-refractivity contribution is 5.43. The molecule has 1 N–H and O–H groups in total. The average Bonchev–Trinajstić information content (AvgIpc) is 2.40. The van der Waals surface area contributed by atoms with Gasteiger partial charge in [0.1, 0.15) is 5.82 Å². The molecule has 1 saturated heterocycles. The van der Waals surface area contributed by atoms with Gasteiger partial charge in [0, 0.05) is 37.8 Å². The van der Waals surface area contributed by atoms with Crippen molar-refractivity contribution in [3.05, 3.63) is 39.7 Å². The number of halogens is 1. The molecule has 1 atom stereocenters. The molecule has 1 fully saturated rings. The minimum absolute atomic E-state index is 0.111. The first-order valence-corrected chi connectivity index (χ1v) is 7.19. The lowest BCUT2D eigenvalue weighted by molar-refractivity contribution is -0.386. The van der Waals surface area contributed by atoms with Gasteiger partial charge in [0.05, 0.1) is 11.0 Å². The van der Waals surface area contributed by atoms with E-state index in [9.17, 15) is 14.5 Å². The molecule has 2 rings (SSSR count). The van der Waals surface area contributed by atoms with E-state index >= 15 is 0 Å². The third-order valence-corrected chi connectivity index (χ3v) is 3.82. The summed E-state index contributed by atoms with van der Waals surface area (Å²) >= 11 is 0. The van der Waals surface area contributed by atoms with Crippen LogP contribution in [-0.4, -0.2) is 36.0 Å². The van der Waals surface area contributed by atoms with Crippen LogP contribution in [0.1, 0.15) is 32.4 Å². The van der Waals surface area contributed by atoms with Gasteiger partial charge in [-0.05, 0) is 17.5 Å². The maximum Gasteiger partial charge on any atom is 0.277 e. The van der Waals surface area contributed by atoms with Crippen LogP contribution in [0.4, 0.5) is 10.1 Å². The van der Waals surface area contributed by atoms with Crippen LogP contribution in [0.2, 0.25) is 0 Å². The summed E-state index contributed by atoms with van der Waals surface area (Å²) in [6.45, 7) is 9.57. The van der Waals surface area contributed by atoms with Crippen molar-refractivity contribution in [3.8, 4) is 0 Å². The first-order chi connectivity index (χ1) is 9.80. The smallest absolute Gasteiger partial charge is 0.277 e. The Balaban J connectivity index is 2.48. The summed E-state index contributed by atoms with van der Waals surface area (Å²) in [5.41, 5.74) is 0.282. The van der Waals surface area contributed by atoms with Crippen molar-refractivity contribution in [1.82, 2.24) is 10.2 Å². The molecular weight excluding hydrogens is 273 g/mol. The zero-order valence-corrected chi connectivity index (χ0v) is 12.7. The van der Waals surface area contributed by atoms with Gasteiger partial charge in [-0.15, -0.1) is 0 Å². The number of nitrogens with zero attached hydrogens (tertiary/aromatic N) is 2. The molecule has 5 nitrogen and oxygen atoms in total. The van der Waals surface area contributed by atoms with Gasteiger partial charge in [0.25, 0.3) is 5.69 Å². The van der Waals surface area contributed by atoms with E-state index in [0.29, 0.717) is 5.56 Å². The first kappa shape index (κ1) is 15.9. The molecule has 0 amide bonds. The van der Waals surface area contributed by atoms with Crippen LogP contribution in [0.25, 0.3) is 0 Å². The summed E-state index contributed by atoms with van der Waals surface area (Å²) < 4.78 is 13.4. The SMILES string of the molecule is CC(C)(C)[C@@H](c1ccc(F)cc1[N+](=O)[O-])N1CCNCC1. The molecule has 0 bridgehead atoms. The highest BCUT2D eigenvalue weighted by atomic mass is 19.1. The second kappa shape index (κ2) is 6.07. The average molecular weight is 295 g/mol. The van der Waals surface area contributed by atoms with Crippen molar-refractivity contribution in [2.24, 2.45) is 5.41 Å². The Morgan fingerprint density at radius 1 is 1.33 bits per heavy atom.